The van der Waals surface area contributed by atoms with E-state index in [0.717, 1.165) is 28.9 Å². The predicted molar refractivity (Wildman–Crippen MR) is 114 cm³/mol. The minimum Gasteiger partial charge on any atom is -0.489 e. The van der Waals surface area contributed by atoms with Gasteiger partial charge in [0.25, 0.3) is 5.91 Å². The van der Waals surface area contributed by atoms with E-state index in [2.05, 4.69) is 5.16 Å². The van der Waals surface area contributed by atoms with Gasteiger partial charge in [0.1, 0.15) is 18.1 Å². The number of aryl methyl sites for hydroxylation is 2. The van der Waals surface area contributed by atoms with Crippen molar-refractivity contribution in [1.82, 2.24) is 5.16 Å². The molecular formula is C24H24N2O5. The molecule has 1 aliphatic rings. The summed E-state index contributed by atoms with van der Waals surface area (Å²) in [5, 5.41) is 3.90. The molecule has 1 unspecified atom stereocenters. The zero-order valence-corrected chi connectivity index (χ0v) is 17.8. The Hall–Kier alpha value is -3.61. The van der Waals surface area contributed by atoms with E-state index in [1.54, 1.807) is 29.2 Å². The van der Waals surface area contributed by atoms with Crippen LogP contribution in [0.2, 0.25) is 0 Å². The smallest absolute Gasteiger partial charge is 0.338 e. The lowest BCUT2D eigenvalue weighted by Gasteiger charge is -2.22. The average Bonchev–Trinajstić information content (AvgIpc) is 3.28. The summed E-state index contributed by atoms with van der Waals surface area (Å²) < 4.78 is 16.2. The molecule has 0 aliphatic carbocycles. The van der Waals surface area contributed by atoms with E-state index < -0.39 is 5.97 Å². The average molecular weight is 420 g/mol. The number of amides is 1. The molecule has 0 saturated heterocycles. The number of benzene rings is 2. The van der Waals surface area contributed by atoms with Crippen LogP contribution in [0.15, 0.2) is 53.1 Å². The highest BCUT2D eigenvalue weighted by atomic mass is 16.5. The Balaban J connectivity index is 1.37. The van der Waals surface area contributed by atoms with Gasteiger partial charge in [0.2, 0.25) is 0 Å². The first-order chi connectivity index (χ1) is 14.9. The van der Waals surface area contributed by atoms with Gasteiger partial charge in [-0.15, -0.1) is 0 Å². The quantitative estimate of drug-likeness (QED) is 0.561. The maximum atomic E-state index is 12.7. The number of aromatic nitrogens is 1. The van der Waals surface area contributed by atoms with Gasteiger partial charge in [0.15, 0.2) is 6.61 Å². The van der Waals surface area contributed by atoms with Crippen LogP contribution >= 0.6 is 0 Å². The lowest BCUT2D eigenvalue weighted by Crippen LogP contribution is -2.38. The third-order valence-corrected chi connectivity index (χ3v) is 5.44. The number of hydrogen-bond donors (Lipinski definition) is 0. The molecule has 7 nitrogen and oxygen atoms in total. The summed E-state index contributed by atoms with van der Waals surface area (Å²) in [7, 11) is 0. The Morgan fingerprint density at radius 3 is 2.74 bits per heavy atom. The standard InChI is InChI=1S/C24H24N2O5/c1-15-11-18-7-4-5-10-22(18)26(15)23(27)14-30-24(28)19-8-6-9-20(12-19)29-13-21-16(2)25-31-17(21)3/h4-10,12,15H,11,13-14H2,1-3H3. The van der Waals surface area contributed by atoms with E-state index in [9.17, 15) is 9.59 Å². The van der Waals surface area contributed by atoms with Crippen molar-refractivity contribution in [2.45, 2.75) is 39.8 Å². The number of carbonyl (C=O) groups excluding carboxylic acids is 2. The second-order valence-electron chi connectivity index (χ2n) is 7.64. The maximum absolute atomic E-state index is 12.7. The van der Waals surface area contributed by atoms with Crippen LogP contribution in [0.3, 0.4) is 0 Å². The van der Waals surface area contributed by atoms with Crippen molar-refractivity contribution in [3.8, 4) is 5.75 Å². The number of rotatable bonds is 6. The monoisotopic (exact) mass is 420 g/mol. The van der Waals surface area contributed by atoms with Crippen molar-refractivity contribution in [2.24, 2.45) is 0 Å². The molecule has 2 heterocycles. The van der Waals surface area contributed by atoms with Gasteiger partial charge in [-0.05, 0) is 57.0 Å². The Bertz CT molecular complexity index is 1100. The number of esters is 1. The lowest BCUT2D eigenvalue weighted by atomic mass is 10.1. The molecule has 7 heteroatoms. The van der Waals surface area contributed by atoms with E-state index in [1.807, 2.05) is 45.0 Å². The van der Waals surface area contributed by atoms with Gasteiger partial charge in [-0.3, -0.25) is 4.79 Å². The summed E-state index contributed by atoms with van der Waals surface area (Å²) in [6, 6.07) is 14.5. The molecule has 3 aromatic rings. The largest absolute Gasteiger partial charge is 0.489 e. The molecule has 0 bridgehead atoms. The van der Waals surface area contributed by atoms with Crippen LogP contribution in [0.4, 0.5) is 5.69 Å². The molecule has 4 rings (SSSR count). The summed E-state index contributed by atoms with van der Waals surface area (Å²) >= 11 is 0. The van der Waals surface area contributed by atoms with Crippen molar-refractivity contribution in [2.75, 3.05) is 11.5 Å². The molecule has 0 spiro atoms. The first-order valence-corrected chi connectivity index (χ1v) is 10.2. The fourth-order valence-electron chi connectivity index (χ4n) is 3.80. The topological polar surface area (TPSA) is 81.9 Å². The van der Waals surface area contributed by atoms with Crippen LogP contribution in [0.5, 0.6) is 5.75 Å². The number of carbonyl (C=O) groups is 2. The molecule has 160 valence electrons. The first-order valence-electron chi connectivity index (χ1n) is 10.2. The minimum absolute atomic E-state index is 0.0321. The normalized spacial score (nSPS) is 14.9. The fraction of sp³-hybridized carbons (Fsp3) is 0.292. The number of para-hydroxylation sites is 1. The zero-order valence-electron chi connectivity index (χ0n) is 17.8. The number of fused-ring (bicyclic) bond motifs is 1. The summed E-state index contributed by atoms with van der Waals surface area (Å²) in [5.41, 5.74) is 3.96. The Morgan fingerprint density at radius 2 is 1.97 bits per heavy atom. The fourth-order valence-corrected chi connectivity index (χ4v) is 3.80. The van der Waals surface area contributed by atoms with Gasteiger partial charge in [0, 0.05) is 11.7 Å². The molecule has 31 heavy (non-hydrogen) atoms. The van der Waals surface area contributed by atoms with Gasteiger partial charge in [-0.2, -0.15) is 0 Å². The first kappa shape index (κ1) is 20.7. The molecular weight excluding hydrogens is 396 g/mol. The van der Waals surface area contributed by atoms with Crippen molar-refractivity contribution < 1.29 is 23.6 Å². The van der Waals surface area contributed by atoms with Gasteiger partial charge in [-0.1, -0.05) is 29.4 Å². The highest BCUT2D eigenvalue weighted by molar-refractivity contribution is 5.99. The van der Waals surface area contributed by atoms with Gasteiger partial charge < -0.3 is 18.9 Å². The van der Waals surface area contributed by atoms with Crippen molar-refractivity contribution in [3.05, 3.63) is 76.7 Å². The number of nitrogens with zero attached hydrogens (tertiary/aromatic N) is 2. The van der Waals surface area contributed by atoms with Crippen LogP contribution < -0.4 is 9.64 Å². The molecule has 0 radical (unpaired) electrons. The summed E-state index contributed by atoms with van der Waals surface area (Å²) in [4.78, 5) is 26.9. The van der Waals surface area contributed by atoms with Gasteiger partial charge in [-0.25, -0.2) is 4.79 Å². The molecule has 1 aromatic heterocycles. The highest BCUT2D eigenvalue weighted by Crippen LogP contribution is 2.31. The Kier molecular flexibility index (Phi) is 5.75. The molecule has 1 atom stereocenters. The van der Waals surface area contributed by atoms with Gasteiger partial charge >= 0.3 is 5.97 Å². The highest BCUT2D eigenvalue weighted by Gasteiger charge is 2.31. The summed E-state index contributed by atoms with van der Waals surface area (Å²) in [6.07, 6.45) is 0.792. The van der Waals surface area contributed by atoms with Crippen LogP contribution in [0.1, 0.15) is 39.9 Å². The number of ether oxygens (including phenoxy) is 2. The van der Waals surface area contributed by atoms with E-state index in [4.69, 9.17) is 14.0 Å². The van der Waals surface area contributed by atoms with Crippen molar-refractivity contribution in [1.29, 1.82) is 0 Å². The second kappa shape index (κ2) is 8.63. The summed E-state index contributed by atoms with van der Waals surface area (Å²) in [6.45, 7) is 5.62. The van der Waals surface area contributed by atoms with E-state index in [-0.39, 0.29) is 25.2 Å². The third kappa shape index (κ3) is 4.30. The number of hydrogen-bond acceptors (Lipinski definition) is 6. The maximum Gasteiger partial charge on any atom is 0.338 e. The summed E-state index contributed by atoms with van der Waals surface area (Å²) in [5.74, 6) is 0.403. The predicted octanol–water partition coefficient (Wildman–Crippen LogP) is 4.01. The van der Waals surface area contributed by atoms with Crippen LogP contribution in [0.25, 0.3) is 0 Å². The molecule has 0 N–H and O–H groups in total. The molecule has 0 saturated carbocycles. The molecule has 1 amide bonds. The number of anilines is 1. The molecule has 1 aliphatic heterocycles. The van der Waals surface area contributed by atoms with Crippen LogP contribution in [-0.4, -0.2) is 29.7 Å². The Morgan fingerprint density at radius 1 is 1.16 bits per heavy atom. The Labute approximate surface area is 180 Å². The molecule has 2 aromatic carbocycles. The SMILES string of the molecule is Cc1noc(C)c1COc1cccc(C(=O)OCC(=O)N2c3ccccc3CC2C)c1. The van der Waals surface area contributed by atoms with Crippen LogP contribution in [-0.2, 0) is 22.6 Å². The molecule has 0 fully saturated rings. The van der Waals surface area contributed by atoms with Crippen molar-refractivity contribution >= 4 is 17.6 Å². The van der Waals surface area contributed by atoms with Gasteiger partial charge in [0.05, 0.1) is 16.8 Å². The van der Waals surface area contributed by atoms with Crippen molar-refractivity contribution in [3.63, 3.8) is 0 Å². The lowest BCUT2D eigenvalue weighted by molar-refractivity contribution is -0.122. The van der Waals surface area contributed by atoms with E-state index >= 15 is 0 Å². The second-order valence-corrected chi connectivity index (χ2v) is 7.64. The third-order valence-electron chi connectivity index (χ3n) is 5.44. The van der Waals surface area contributed by atoms with Crippen LogP contribution in [0, 0.1) is 13.8 Å². The minimum atomic E-state index is -0.573. The van der Waals surface area contributed by atoms with E-state index in [0.29, 0.717) is 17.1 Å². The zero-order chi connectivity index (χ0) is 22.0. The van der Waals surface area contributed by atoms with E-state index in [1.165, 1.54) is 0 Å².